The standard InChI is InChI=1S/C11H9ClF3N3/c1-5-7(6-2-3-6)4-8-16-10(11(13,14)15)17-18(8)9(5)12/h4,6H,2-3H2,1H3. The summed E-state index contributed by atoms with van der Waals surface area (Å²) in [5.41, 5.74) is 1.92. The topological polar surface area (TPSA) is 30.2 Å². The van der Waals surface area contributed by atoms with Crippen LogP contribution in [0.3, 0.4) is 0 Å². The van der Waals surface area contributed by atoms with Gasteiger partial charge in [-0.1, -0.05) is 11.6 Å². The minimum Gasteiger partial charge on any atom is -0.203 e. The highest BCUT2D eigenvalue weighted by Crippen LogP contribution is 2.43. The van der Waals surface area contributed by atoms with Gasteiger partial charge in [0.25, 0.3) is 5.82 Å². The van der Waals surface area contributed by atoms with E-state index in [1.807, 2.05) is 0 Å². The zero-order valence-electron chi connectivity index (χ0n) is 9.42. The highest BCUT2D eigenvalue weighted by molar-refractivity contribution is 6.30. The van der Waals surface area contributed by atoms with E-state index in [2.05, 4.69) is 10.1 Å². The van der Waals surface area contributed by atoms with Gasteiger partial charge in [-0.2, -0.15) is 13.2 Å². The highest BCUT2D eigenvalue weighted by atomic mass is 35.5. The Labute approximate surface area is 106 Å². The van der Waals surface area contributed by atoms with E-state index in [1.54, 1.807) is 13.0 Å². The molecule has 96 valence electrons. The minimum atomic E-state index is -4.55. The summed E-state index contributed by atoms with van der Waals surface area (Å²) in [5, 5.41) is 3.62. The van der Waals surface area contributed by atoms with Gasteiger partial charge in [0, 0.05) is 0 Å². The van der Waals surface area contributed by atoms with Crippen LogP contribution in [-0.2, 0) is 6.18 Å². The van der Waals surface area contributed by atoms with Crippen molar-refractivity contribution >= 4 is 17.2 Å². The molecule has 2 aromatic rings. The van der Waals surface area contributed by atoms with Crippen LogP contribution in [0.25, 0.3) is 5.65 Å². The lowest BCUT2D eigenvalue weighted by Crippen LogP contribution is -2.07. The molecule has 0 saturated heterocycles. The lowest BCUT2D eigenvalue weighted by Gasteiger charge is -2.07. The Morgan fingerprint density at radius 1 is 1.39 bits per heavy atom. The molecule has 1 fully saturated rings. The number of hydrogen-bond acceptors (Lipinski definition) is 2. The van der Waals surface area contributed by atoms with Gasteiger partial charge >= 0.3 is 6.18 Å². The summed E-state index contributed by atoms with van der Waals surface area (Å²) in [4.78, 5) is 3.50. The van der Waals surface area contributed by atoms with Crippen LogP contribution in [0.2, 0.25) is 5.15 Å². The molecule has 0 radical (unpaired) electrons. The lowest BCUT2D eigenvalue weighted by molar-refractivity contribution is -0.144. The van der Waals surface area contributed by atoms with Gasteiger partial charge < -0.3 is 0 Å². The number of nitrogens with zero attached hydrogens (tertiary/aromatic N) is 3. The molecule has 0 amide bonds. The molecule has 0 N–H and O–H groups in total. The largest absolute Gasteiger partial charge is 0.453 e. The molecule has 2 heterocycles. The van der Waals surface area contributed by atoms with E-state index < -0.39 is 12.0 Å². The molecule has 0 bridgehead atoms. The summed E-state index contributed by atoms with van der Waals surface area (Å²) in [5.74, 6) is -0.754. The number of alkyl halides is 3. The minimum absolute atomic E-state index is 0.153. The monoisotopic (exact) mass is 275 g/mol. The second-order valence-corrected chi connectivity index (χ2v) is 4.85. The zero-order chi connectivity index (χ0) is 13.1. The summed E-state index contributed by atoms with van der Waals surface area (Å²) in [6.07, 6.45) is -2.45. The molecule has 2 aromatic heterocycles. The van der Waals surface area contributed by atoms with Gasteiger partial charge in [-0.05, 0) is 42.9 Å². The Morgan fingerprint density at radius 3 is 2.61 bits per heavy atom. The Bertz CT molecular complexity index is 628. The molecule has 0 atom stereocenters. The van der Waals surface area contributed by atoms with Crippen LogP contribution < -0.4 is 0 Å². The fourth-order valence-corrected chi connectivity index (χ4v) is 2.26. The zero-order valence-corrected chi connectivity index (χ0v) is 10.2. The molecule has 0 spiro atoms. The molecule has 0 aromatic carbocycles. The first-order valence-electron chi connectivity index (χ1n) is 5.51. The van der Waals surface area contributed by atoms with Gasteiger partial charge in [-0.25, -0.2) is 9.50 Å². The van der Waals surface area contributed by atoms with Crippen molar-refractivity contribution in [1.82, 2.24) is 14.6 Å². The Morgan fingerprint density at radius 2 is 2.06 bits per heavy atom. The van der Waals surface area contributed by atoms with E-state index in [4.69, 9.17) is 11.6 Å². The van der Waals surface area contributed by atoms with Crippen molar-refractivity contribution in [3.63, 3.8) is 0 Å². The molecule has 1 saturated carbocycles. The first kappa shape index (κ1) is 11.8. The molecule has 3 nitrogen and oxygen atoms in total. The van der Waals surface area contributed by atoms with Crippen LogP contribution in [0.4, 0.5) is 13.2 Å². The predicted molar refractivity (Wildman–Crippen MR) is 59.7 cm³/mol. The van der Waals surface area contributed by atoms with Gasteiger partial charge in [-0.3, -0.25) is 0 Å². The quantitative estimate of drug-likeness (QED) is 0.745. The molecule has 1 aliphatic carbocycles. The smallest absolute Gasteiger partial charge is 0.203 e. The van der Waals surface area contributed by atoms with E-state index in [0.717, 1.165) is 28.5 Å². The first-order valence-corrected chi connectivity index (χ1v) is 5.88. The third-order valence-corrected chi connectivity index (χ3v) is 3.56. The molecular weight excluding hydrogens is 267 g/mol. The van der Waals surface area contributed by atoms with Gasteiger partial charge in [0.2, 0.25) is 0 Å². The fourth-order valence-electron chi connectivity index (χ4n) is 2.03. The van der Waals surface area contributed by atoms with E-state index >= 15 is 0 Å². The average molecular weight is 276 g/mol. The highest BCUT2D eigenvalue weighted by Gasteiger charge is 2.37. The molecular formula is C11H9ClF3N3. The van der Waals surface area contributed by atoms with Gasteiger partial charge in [0.15, 0.2) is 5.65 Å². The Balaban J connectivity index is 2.24. The maximum absolute atomic E-state index is 12.5. The summed E-state index contributed by atoms with van der Waals surface area (Å²) >= 11 is 6.06. The van der Waals surface area contributed by atoms with Crippen LogP contribution in [0.15, 0.2) is 6.07 Å². The van der Waals surface area contributed by atoms with Gasteiger partial charge in [0.05, 0.1) is 0 Å². The van der Waals surface area contributed by atoms with Crippen molar-refractivity contribution in [3.8, 4) is 0 Å². The molecule has 3 rings (SSSR count). The van der Waals surface area contributed by atoms with Crippen molar-refractivity contribution in [2.75, 3.05) is 0 Å². The van der Waals surface area contributed by atoms with Crippen LogP contribution in [0, 0.1) is 6.92 Å². The number of aromatic nitrogens is 3. The van der Waals surface area contributed by atoms with E-state index in [-0.39, 0.29) is 10.8 Å². The summed E-state index contributed by atoms with van der Waals surface area (Å²) in [7, 11) is 0. The summed E-state index contributed by atoms with van der Waals surface area (Å²) in [6.45, 7) is 1.80. The summed E-state index contributed by atoms with van der Waals surface area (Å²) < 4.78 is 38.7. The SMILES string of the molecule is Cc1c(C2CC2)cc2nc(C(F)(F)F)nn2c1Cl. The van der Waals surface area contributed by atoms with Crippen molar-refractivity contribution in [3.05, 3.63) is 28.2 Å². The van der Waals surface area contributed by atoms with Crippen molar-refractivity contribution in [2.24, 2.45) is 0 Å². The van der Waals surface area contributed by atoms with Crippen molar-refractivity contribution in [2.45, 2.75) is 31.9 Å². The summed E-state index contributed by atoms with van der Waals surface area (Å²) in [6, 6.07) is 1.65. The van der Waals surface area contributed by atoms with E-state index in [9.17, 15) is 13.2 Å². The van der Waals surface area contributed by atoms with Crippen LogP contribution in [0.1, 0.15) is 35.7 Å². The average Bonchev–Trinajstić information content (AvgIpc) is 3.01. The third-order valence-electron chi connectivity index (χ3n) is 3.12. The lowest BCUT2D eigenvalue weighted by atomic mass is 10.1. The molecule has 0 aliphatic heterocycles. The number of hydrogen-bond donors (Lipinski definition) is 0. The predicted octanol–water partition coefficient (Wildman–Crippen LogP) is 3.59. The first-order chi connectivity index (χ1) is 8.38. The molecule has 7 heteroatoms. The van der Waals surface area contributed by atoms with Crippen molar-refractivity contribution < 1.29 is 13.2 Å². The van der Waals surface area contributed by atoms with Gasteiger partial charge in [0.1, 0.15) is 5.15 Å². The maximum atomic E-state index is 12.5. The maximum Gasteiger partial charge on any atom is 0.453 e. The van der Waals surface area contributed by atoms with Crippen LogP contribution in [0.5, 0.6) is 0 Å². The molecule has 18 heavy (non-hydrogen) atoms. The van der Waals surface area contributed by atoms with Crippen molar-refractivity contribution in [1.29, 1.82) is 0 Å². The van der Waals surface area contributed by atoms with E-state index in [1.165, 1.54) is 0 Å². The fraction of sp³-hybridized carbons (Fsp3) is 0.455. The number of halogens is 4. The number of pyridine rings is 1. The second kappa shape index (κ2) is 3.60. The van der Waals surface area contributed by atoms with Crippen LogP contribution >= 0.6 is 11.6 Å². The van der Waals surface area contributed by atoms with Crippen LogP contribution in [-0.4, -0.2) is 14.6 Å². The van der Waals surface area contributed by atoms with E-state index in [0.29, 0.717) is 5.92 Å². The normalized spacial score (nSPS) is 16.5. The number of rotatable bonds is 1. The van der Waals surface area contributed by atoms with Gasteiger partial charge in [-0.15, -0.1) is 5.10 Å². The third kappa shape index (κ3) is 1.75. The Hall–Kier alpha value is -1.30. The molecule has 1 aliphatic rings. The molecule has 0 unspecified atom stereocenters. The second-order valence-electron chi connectivity index (χ2n) is 4.49. The number of fused-ring (bicyclic) bond motifs is 1. The Kier molecular flexibility index (Phi) is 2.35.